The van der Waals surface area contributed by atoms with Gasteiger partial charge in [0.05, 0.1) is 14.2 Å². The third-order valence-corrected chi connectivity index (χ3v) is 6.66. The summed E-state index contributed by atoms with van der Waals surface area (Å²) in [7, 11) is -0.745. The van der Waals surface area contributed by atoms with E-state index < -0.39 is 10.0 Å². The van der Waals surface area contributed by atoms with Crippen molar-refractivity contribution in [3.63, 3.8) is 0 Å². The van der Waals surface area contributed by atoms with E-state index in [1.807, 2.05) is 30.3 Å². The summed E-state index contributed by atoms with van der Waals surface area (Å²) in [5, 5.41) is 0. The lowest BCUT2D eigenvalue weighted by Crippen LogP contribution is -2.30. The summed E-state index contributed by atoms with van der Waals surface area (Å²) in [5.74, 6) is 1.17. The average molecular weight is 426 g/mol. The van der Waals surface area contributed by atoms with Crippen molar-refractivity contribution in [1.82, 2.24) is 4.72 Å². The van der Waals surface area contributed by atoms with E-state index in [2.05, 4.69) is 20.7 Å². The maximum absolute atomic E-state index is 13.0. The molecule has 1 saturated carbocycles. The molecule has 1 atom stereocenters. The molecule has 1 fully saturated rings. The first-order valence-electron chi connectivity index (χ1n) is 7.95. The lowest BCUT2D eigenvalue weighted by molar-refractivity contribution is 0.353. The van der Waals surface area contributed by atoms with Gasteiger partial charge in [-0.3, -0.25) is 0 Å². The van der Waals surface area contributed by atoms with Crippen LogP contribution in [0.2, 0.25) is 0 Å². The monoisotopic (exact) mass is 425 g/mol. The van der Waals surface area contributed by atoms with E-state index in [0.29, 0.717) is 21.9 Å². The lowest BCUT2D eigenvalue weighted by atomic mass is 10.0. The van der Waals surface area contributed by atoms with E-state index >= 15 is 0 Å². The predicted octanol–water partition coefficient (Wildman–Crippen LogP) is 3.90. The number of methoxy groups -OCH3 is 2. The van der Waals surface area contributed by atoms with E-state index in [0.717, 1.165) is 18.4 Å². The molecule has 2 aromatic carbocycles. The molecule has 1 aliphatic rings. The van der Waals surface area contributed by atoms with Crippen molar-refractivity contribution in [1.29, 1.82) is 0 Å². The van der Waals surface area contributed by atoms with Gasteiger partial charge >= 0.3 is 0 Å². The summed E-state index contributed by atoms with van der Waals surface area (Å²) in [6, 6.07) is 12.5. The molecule has 0 saturated heterocycles. The van der Waals surface area contributed by atoms with Gasteiger partial charge in [-0.25, -0.2) is 13.1 Å². The molecule has 0 heterocycles. The quantitative estimate of drug-likeness (QED) is 0.730. The Morgan fingerprint density at radius 2 is 1.68 bits per heavy atom. The maximum atomic E-state index is 13.0. The normalized spacial score (nSPS) is 15.6. The molecular weight excluding hydrogens is 406 g/mol. The molecule has 7 heteroatoms. The Bertz CT molecular complexity index is 851. The first-order valence-corrected chi connectivity index (χ1v) is 10.2. The van der Waals surface area contributed by atoms with Crippen molar-refractivity contribution in [2.45, 2.75) is 23.8 Å². The number of sulfonamides is 1. The molecule has 3 rings (SSSR count). The Labute approximate surface area is 156 Å². The molecule has 0 aromatic heterocycles. The van der Waals surface area contributed by atoms with Crippen molar-refractivity contribution in [3.8, 4) is 11.5 Å². The first kappa shape index (κ1) is 18.2. The molecule has 5 nitrogen and oxygen atoms in total. The van der Waals surface area contributed by atoms with Crippen LogP contribution in [0.3, 0.4) is 0 Å². The molecule has 1 N–H and O–H groups in total. The van der Waals surface area contributed by atoms with Crippen LogP contribution < -0.4 is 14.2 Å². The van der Waals surface area contributed by atoms with Crippen LogP contribution in [0.4, 0.5) is 0 Å². The Morgan fingerprint density at radius 3 is 2.24 bits per heavy atom. The van der Waals surface area contributed by atoms with E-state index in [-0.39, 0.29) is 10.9 Å². The van der Waals surface area contributed by atoms with Gasteiger partial charge in [-0.05, 0) is 46.3 Å². The minimum atomic E-state index is -3.73. The summed E-state index contributed by atoms with van der Waals surface area (Å²) >= 11 is 3.33. The summed E-state index contributed by atoms with van der Waals surface area (Å²) in [4.78, 5) is 0.131. The minimum Gasteiger partial charge on any atom is -0.493 e. The molecule has 134 valence electrons. The van der Waals surface area contributed by atoms with E-state index in [4.69, 9.17) is 9.47 Å². The summed E-state index contributed by atoms with van der Waals surface area (Å²) in [5.41, 5.74) is 0.977. The Balaban J connectivity index is 1.96. The minimum absolute atomic E-state index is 0.131. The number of benzene rings is 2. The second-order valence-electron chi connectivity index (χ2n) is 5.98. The zero-order valence-electron chi connectivity index (χ0n) is 14.0. The van der Waals surface area contributed by atoms with Gasteiger partial charge < -0.3 is 9.47 Å². The number of rotatable bonds is 7. The molecule has 0 bridgehead atoms. The van der Waals surface area contributed by atoms with Crippen molar-refractivity contribution >= 4 is 26.0 Å². The Morgan fingerprint density at radius 1 is 1.08 bits per heavy atom. The molecular formula is C18H20BrNO4S. The predicted molar refractivity (Wildman–Crippen MR) is 99.5 cm³/mol. The summed E-state index contributed by atoms with van der Waals surface area (Å²) < 4.78 is 39.7. The maximum Gasteiger partial charge on any atom is 0.242 e. The highest BCUT2D eigenvalue weighted by molar-refractivity contribution is 9.10. The standard InChI is InChI=1S/C18H20BrNO4S/c1-23-15-10-14(19)17(11-16(15)24-2)25(21,22)20-18(13-8-9-13)12-6-4-3-5-7-12/h3-7,10-11,13,18,20H,8-9H2,1-2H3. The van der Waals surface area contributed by atoms with Gasteiger partial charge in [0.25, 0.3) is 0 Å². The number of hydrogen-bond donors (Lipinski definition) is 1. The van der Waals surface area contributed by atoms with Crippen LogP contribution in [-0.4, -0.2) is 22.6 Å². The van der Waals surface area contributed by atoms with Crippen LogP contribution in [0.1, 0.15) is 24.4 Å². The number of hydrogen-bond acceptors (Lipinski definition) is 4. The highest BCUT2D eigenvalue weighted by Gasteiger charge is 2.36. The molecule has 0 amide bonds. The van der Waals surface area contributed by atoms with Crippen LogP contribution in [-0.2, 0) is 10.0 Å². The van der Waals surface area contributed by atoms with Crippen LogP contribution in [0.5, 0.6) is 11.5 Å². The fraction of sp³-hybridized carbons (Fsp3) is 0.333. The van der Waals surface area contributed by atoms with E-state index in [1.165, 1.54) is 20.3 Å². The van der Waals surface area contributed by atoms with Gasteiger partial charge in [0.2, 0.25) is 10.0 Å². The zero-order chi connectivity index (χ0) is 18.0. The first-order chi connectivity index (χ1) is 12.0. The lowest BCUT2D eigenvalue weighted by Gasteiger charge is -2.20. The van der Waals surface area contributed by atoms with Crippen LogP contribution in [0.25, 0.3) is 0 Å². The van der Waals surface area contributed by atoms with Crippen LogP contribution in [0, 0.1) is 5.92 Å². The second-order valence-corrected chi connectivity index (χ2v) is 8.52. The molecule has 0 spiro atoms. The van der Waals surface area contributed by atoms with Crippen molar-refractivity contribution in [2.75, 3.05) is 14.2 Å². The van der Waals surface area contributed by atoms with E-state index in [9.17, 15) is 8.42 Å². The number of halogens is 1. The third-order valence-electron chi connectivity index (χ3n) is 4.26. The van der Waals surface area contributed by atoms with Crippen LogP contribution >= 0.6 is 15.9 Å². The van der Waals surface area contributed by atoms with Gasteiger partial charge in [0.15, 0.2) is 11.5 Å². The summed E-state index contributed by atoms with van der Waals surface area (Å²) in [6.07, 6.45) is 2.05. The number of ether oxygens (including phenoxy) is 2. The fourth-order valence-corrected chi connectivity index (χ4v) is 5.13. The third kappa shape index (κ3) is 3.99. The van der Waals surface area contributed by atoms with Gasteiger partial charge in [-0.15, -0.1) is 0 Å². The molecule has 1 aliphatic carbocycles. The SMILES string of the molecule is COc1cc(Br)c(S(=O)(=O)NC(c2ccccc2)C2CC2)cc1OC. The van der Waals surface area contributed by atoms with Gasteiger partial charge in [0, 0.05) is 16.6 Å². The molecule has 0 aliphatic heterocycles. The largest absolute Gasteiger partial charge is 0.493 e. The van der Waals surface area contributed by atoms with Crippen molar-refractivity contribution in [3.05, 3.63) is 52.5 Å². The Kier molecular flexibility index (Phi) is 5.36. The van der Waals surface area contributed by atoms with Crippen molar-refractivity contribution in [2.24, 2.45) is 5.92 Å². The highest BCUT2D eigenvalue weighted by Crippen LogP contribution is 2.42. The topological polar surface area (TPSA) is 64.6 Å². The van der Waals surface area contributed by atoms with Gasteiger partial charge in [-0.2, -0.15) is 0 Å². The molecule has 25 heavy (non-hydrogen) atoms. The van der Waals surface area contributed by atoms with Crippen LogP contribution in [0.15, 0.2) is 51.8 Å². The zero-order valence-corrected chi connectivity index (χ0v) is 16.4. The smallest absolute Gasteiger partial charge is 0.242 e. The fourth-order valence-electron chi connectivity index (χ4n) is 2.80. The van der Waals surface area contributed by atoms with Crippen molar-refractivity contribution < 1.29 is 17.9 Å². The highest BCUT2D eigenvalue weighted by atomic mass is 79.9. The van der Waals surface area contributed by atoms with Gasteiger partial charge in [0.1, 0.15) is 4.90 Å². The molecule has 0 radical (unpaired) electrons. The van der Waals surface area contributed by atoms with E-state index in [1.54, 1.807) is 6.07 Å². The molecule has 1 unspecified atom stereocenters. The van der Waals surface area contributed by atoms with Gasteiger partial charge in [-0.1, -0.05) is 30.3 Å². The molecule has 2 aromatic rings. The average Bonchev–Trinajstić information content (AvgIpc) is 3.45. The second kappa shape index (κ2) is 7.35. The summed E-state index contributed by atoms with van der Waals surface area (Å²) in [6.45, 7) is 0. The number of nitrogens with one attached hydrogen (secondary N) is 1. The Hall–Kier alpha value is -1.57.